The van der Waals surface area contributed by atoms with E-state index in [2.05, 4.69) is 11.4 Å². The minimum atomic E-state index is -0.457. The summed E-state index contributed by atoms with van der Waals surface area (Å²) in [6.07, 6.45) is 10.4. The maximum Gasteiger partial charge on any atom is 0.251 e. The second-order valence-electron chi connectivity index (χ2n) is 8.56. The summed E-state index contributed by atoms with van der Waals surface area (Å²) < 4.78 is 0. The maximum absolute atomic E-state index is 13.2. The van der Waals surface area contributed by atoms with Gasteiger partial charge in [-0.3, -0.25) is 14.4 Å². The van der Waals surface area contributed by atoms with Gasteiger partial charge in [0.25, 0.3) is 5.91 Å². The number of amides is 3. The fourth-order valence-corrected chi connectivity index (χ4v) is 4.10. The molecular weight excluding hydrogens is 354 g/mol. The third-order valence-electron chi connectivity index (χ3n) is 5.99. The molecule has 2 aliphatic carbocycles. The molecule has 0 bridgehead atoms. The summed E-state index contributed by atoms with van der Waals surface area (Å²) in [6.45, 7) is 2.45. The zero-order chi connectivity index (χ0) is 20.3. The van der Waals surface area contributed by atoms with Gasteiger partial charge < -0.3 is 15.1 Å². The van der Waals surface area contributed by atoms with Gasteiger partial charge in [0, 0.05) is 44.4 Å². The molecule has 3 aliphatic rings. The Labute approximate surface area is 168 Å². The van der Waals surface area contributed by atoms with Crippen molar-refractivity contribution in [1.29, 1.82) is 0 Å². The van der Waals surface area contributed by atoms with Crippen LogP contribution in [0.5, 0.6) is 0 Å². The molecule has 0 saturated heterocycles. The minimum absolute atomic E-state index is 0.0184. The number of nitrogens with one attached hydrogen (secondary N) is 1. The van der Waals surface area contributed by atoms with Crippen molar-refractivity contribution in [2.75, 3.05) is 20.6 Å². The number of carbonyl (C=O) groups is 3. The molecule has 1 fully saturated rings. The first kappa shape index (κ1) is 20.6. The van der Waals surface area contributed by atoms with Gasteiger partial charge in [-0.15, -0.1) is 0 Å². The molecule has 1 aliphatic heterocycles. The molecule has 6 heteroatoms. The summed E-state index contributed by atoms with van der Waals surface area (Å²) in [5, 5.41) is 2.97. The van der Waals surface area contributed by atoms with E-state index in [1.807, 2.05) is 6.92 Å². The van der Waals surface area contributed by atoms with Crippen molar-refractivity contribution in [3.63, 3.8) is 0 Å². The summed E-state index contributed by atoms with van der Waals surface area (Å²) in [6, 6.07) is 0.278. The van der Waals surface area contributed by atoms with Gasteiger partial charge in [-0.05, 0) is 58.3 Å². The molecule has 3 rings (SSSR count). The first-order chi connectivity index (χ1) is 13.4. The van der Waals surface area contributed by atoms with Crippen LogP contribution in [0.1, 0.15) is 64.7 Å². The highest BCUT2D eigenvalue weighted by Crippen LogP contribution is 2.32. The van der Waals surface area contributed by atoms with E-state index < -0.39 is 5.92 Å². The van der Waals surface area contributed by atoms with Crippen molar-refractivity contribution < 1.29 is 14.4 Å². The fourth-order valence-electron chi connectivity index (χ4n) is 4.10. The molecular formula is C22H33N3O3. The lowest BCUT2D eigenvalue weighted by molar-refractivity contribution is -0.138. The van der Waals surface area contributed by atoms with Crippen LogP contribution in [0.3, 0.4) is 0 Å². The van der Waals surface area contributed by atoms with Crippen molar-refractivity contribution in [2.24, 2.45) is 5.92 Å². The molecule has 0 spiro atoms. The third-order valence-corrected chi connectivity index (χ3v) is 5.99. The van der Waals surface area contributed by atoms with Crippen LogP contribution >= 0.6 is 0 Å². The van der Waals surface area contributed by atoms with Crippen LogP contribution in [0.25, 0.3) is 0 Å². The SMILES string of the molecule is CC1=C(C(=O)N(C)C)CC(CC(=O)NC2CC2)C(=O)N1CCC1=CCCCC1. The normalized spacial score (nSPS) is 22.8. The highest BCUT2D eigenvalue weighted by molar-refractivity contribution is 5.98. The third kappa shape index (κ3) is 5.03. The molecule has 28 heavy (non-hydrogen) atoms. The highest BCUT2D eigenvalue weighted by Gasteiger charge is 2.37. The molecule has 0 aromatic carbocycles. The number of rotatable bonds is 7. The van der Waals surface area contributed by atoms with E-state index in [1.54, 1.807) is 23.9 Å². The topological polar surface area (TPSA) is 69.7 Å². The van der Waals surface area contributed by atoms with Gasteiger partial charge in [-0.1, -0.05) is 11.6 Å². The quantitative estimate of drug-likeness (QED) is 0.683. The lowest BCUT2D eigenvalue weighted by Gasteiger charge is -2.35. The van der Waals surface area contributed by atoms with Gasteiger partial charge in [0.2, 0.25) is 11.8 Å². The van der Waals surface area contributed by atoms with Crippen LogP contribution in [-0.4, -0.2) is 54.2 Å². The second kappa shape index (κ2) is 8.93. The first-order valence-corrected chi connectivity index (χ1v) is 10.6. The van der Waals surface area contributed by atoms with Crippen LogP contribution < -0.4 is 5.32 Å². The lowest BCUT2D eigenvalue weighted by Crippen LogP contribution is -2.44. The Morgan fingerprint density at radius 1 is 1.25 bits per heavy atom. The number of allylic oxidation sites excluding steroid dienone is 2. The van der Waals surface area contributed by atoms with Crippen LogP contribution in [0, 0.1) is 5.92 Å². The van der Waals surface area contributed by atoms with Crippen molar-refractivity contribution in [1.82, 2.24) is 15.1 Å². The Balaban J connectivity index is 1.75. The summed E-state index contributed by atoms with van der Waals surface area (Å²) in [7, 11) is 3.45. The molecule has 1 N–H and O–H groups in total. The van der Waals surface area contributed by atoms with E-state index in [-0.39, 0.29) is 30.2 Å². The standard InChI is InChI=1S/C22H33N3O3/c1-15-19(22(28)24(2)3)13-17(14-20(26)23-18-9-10-18)21(27)25(15)12-11-16-7-5-4-6-8-16/h7,17-18H,4-6,8-14H2,1-3H3,(H,23,26). The monoisotopic (exact) mass is 387 g/mol. The predicted octanol–water partition coefficient (Wildman–Crippen LogP) is 2.76. The molecule has 3 amide bonds. The zero-order valence-corrected chi connectivity index (χ0v) is 17.4. The van der Waals surface area contributed by atoms with E-state index in [4.69, 9.17) is 0 Å². The van der Waals surface area contributed by atoms with Gasteiger partial charge in [-0.25, -0.2) is 0 Å². The van der Waals surface area contributed by atoms with E-state index in [1.165, 1.54) is 18.4 Å². The maximum atomic E-state index is 13.2. The molecule has 0 radical (unpaired) electrons. The van der Waals surface area contributed by atoms with Crippen molar-refractivity contribution in [3.8, 4) is 0 Å². The van der Waals surface area contributed by atoms with Gasteiger partial charge in [0.15, 0.2) is 0 Å². The fraction of sp³-hybridized carbons (Fsp3) is 0.682. The van der Waals surface area contributed by atoms with Crippen molar-refractivity contribution in [3.05, 3.63) is 22.9 Å². The van der Waals surface area contributed by atoms with Crippen molar-refractivity contribution in [2.45, 2.75) is 70.8 Å². The molecule has 0 aromatic rings. The van der Waals surface area contributed by atoms with Crippen LogP contribution in [-0.2, 0) is 14.4 Å². The molecule has 1 heterocycles. The van der Waals surface area contributed by atoms with E-state index in [0.717, 1.165) is 37.8 Å². The summed E-state index contributed by atoms with van der Waals surface area (Å²) in [4.78, 5) is 41.5. The average molecular weight is 388 g/mol. The Hall–Kier alpha value is -2.11. The largest absolute Gasteiger partial charge is 0.353 e. The van der Waals surface area contributed by atoms with Crippen molar-refractivity contribution >= 4 is 17.7 Å². The van der Waals surface area contributed by atoms with Crippen LogP contribution in [0.2, 0.25) is 0 Å². The summed E-state index contributed by atoms with van der Waals surface area (Å²) >= 11 is 0. The molecule has 154 valence electrons. The Morgan fingerprint density at radius 3 is 2.61 bits per heavy atom. The Kier molecular flexibility index (Phi) is 6.57. The number of likely N-dealkylation sites (N-methyl/N-ethyl adjacent to an activating group) is 1. The van der Waals surface area contributed by atoms with Crippen LogP contribution in [0.4, 0.5) is 0 Å². The molecule has 6 nitrogen and oxygen atoms in total. The second-order valence-corrected chi connectivity index (χ2v) is 8.56. The van der Waals surface area contributed by atoms with Gasteiger partial charge in [-0.2, -0.15) is 0 Å². The average Bonchev–Trinajstić information content (AvgIpc) is 3.48. The number of nitrogens with zero attached hydrogens (tertiary/aromatic N) is 2. The number of hydrogen-bond donors (Lipinski definition) is 1. The molecule has 0 aromatic heterocycles. The van der Waals surface area contributed by atoms with Gasteiger partial charge in [0.05, 0.1) is 5.92 Å². The number of hydrogen-bond acceptors (Lipinski definition) is 3. The van der Waals surface area contributed by atoms with E-state index in [9.17, 15) is 14.4 Å². The van der Waals surface area contributed by atoms with Crippen LogP contribution in [0.15, 0.2) is 22.9 Å². The summed E-state index contributed by atoms with van der Waals surface area (Å²) in [5.74, 6) is -0.622. The smallest absolute Gasteiger partial charge is 0.251 e. The predicted molar refractivity (Wildman–Crippen MR) is 108 cm³/mol. The van der Waals surface area contributed by atoms with E-state index >= 15 is 0 Å². The molecule has 1 atom stereocenters. The minimum Gasteiger partial charge on any atom is -0.353 e. The highest BCUT2D eigenvalue weighted by atomic mass is 16.2. The van der Waals surface area contributed by atoms with Gasteiger partial charge >= 0.3 is 0 Å². The Bertz CT molecular complexity index is 704. The van der Waals surface area contributed by atoms with E-state index in [0.29, 0.717) is 18.5 Å². The van der Waals surface area contributed by atoms with Gasteiger partial charge in [0.1, 0.15) is 0 Å². The Morgan fingerprint density at radius 2 is 2.00 bits per heavy atom. The summed E-state index contributed by atoms with van der Waals surface area (Å²) in [5.41, 5.74) is 2.81. The molecule has 1 unspecified atom stereocenters. The lowest BCUT2D eigenvalue weighted by atomic mass is 9.88. The number of carbonyl (C=O) groups excluding carboxylic acids is 3. The zero-order valence-electron chi connectivity index (χ0n) is 17.4. The first-order valence-electron chi connectivity index (χ1n) is 10.6. The molecule has 1 saturated carbocycles.